The number of benzene rings is 2. The first kappa shape index (κ1) is 14.3. The van der Waals surface area contributed by atoms with Crippen molar-refractivity contribution in [3.05, 3.63) is 76.0 Å². The summed E-state index contributed by atoms with van der Waals surface area (Å²) in [5.41, 5.74) is 3.70. The largest absolute Gasteiger partial charge is 0.343 e. The van der Waals surface area contributed by atoms with Crippen LogP contribution >= 0.6 is 0 Å². The molecule has 22 heavy (non-hydrogen) atoms. The van der Waals surface area contributed by atoms with Gasteiger partial charge in [-0.25, -0.2) is 0 Å². The fraction of sp³-hybridized carbons (Fsp3) is 0.222. The second-order valence-corrected chi connectivity index (χ2v) is 5.84. The number of nitrogens with zero attached hydrogens (tertiary/aromatic N) is 2. The van der Waals surface area contributed by atoms with Crippen LogP contribution in [0, 0.1) is 10.1 Å². The summed E-state index contributed by atoms with van der Waals surface area (Å²) in [5, 5.41) is 11.9. The van der Waals surface area contributed by atoms with Gasteiger partial charge >= 0.3 is 0 Å². The zero-order valence-corrected chi connectivity index (χ0v) is 12.7. The van der Waals surface area contributed by atoms with Crippen molar-refractivity contribution in [1.29, 1.82) is 0 Å². The molecule has 0 spiro atoms. The van der Waals surface area contributed by atoms with Gasteiger partial charge in [0.15, 0.2) is 0 Å². The van der Waals surface area contributed by atoms with Crippen molar-refractivity contribution in [3.63, 3.8) is 0 Å². The highest BCUT2D eigenvalue weighted by Gasteiger charge is 2.07. The second kappa shape index (κ2) is 5.64. The molecule has 1 aromatic heterocycles. The van der Waals surface area contributed by atoms with E-state index in [9.17, 15) is 10.1 Å². The molecule has 0 fully saturated rings. The lowest BCUT2D eigenvalue weighted by molar-refractivity contribution is -0.384. The highest BCUT2D eigenvalue weighted by atomic mass is 16.6. The molecule has 4 nitrogen and oxygen atoms in total. The van der Waals surface area contributed by atoms with E-state index in [2.05, 4.69) is 48.9 Å². The first-order valence-electron chi connectivity index (χ1n) is 7.37. The fourth-order valence-electron chi connectivity index (χ4n) is 2.64. The van der Waals surface area contributed by atoms with Gasteiger partial charge in [0.25, 0.3) is 5.69 Å². The summed E-state index contributed by atoms with van der Waals surface area (Å²) in [4.78, 5) is 10.3. The van der Waals surface area contributed by atoms with Gasteiger partial charge in [0.1, 0.15) is 0 Å². The number of aromatic nitrogens is 1. The molecule has 0 unspecified atom stereocenters. The normalized spacial score (nSPS) is 11.2. The zero-order chi connectivity index (χ0) is 15.7. The first-order valence-corrected chi connectivity index (χ1v) is 7.37. The molecule has 0 atom stereocenters. The lowest BCUT2D eigenvalue weighted by Crippen LogP contribution is -1.98. The van der Waals surface area contributed by atoms with Gasteiger partial charge < -0.3 is 4.57 Å². The Kier molecular flexibility index (Phi) is 3.67. The van der Waals surface area contributed by atoms with Crippen LogP contribution in [-0.2, 0) is 6.54 Å². The Labute approximate surface area is 129 Å². The summed E-state index contributed by atoms with van der Waals surface area (Å²) in [6, 6.07) is 15.4. The van der Waals surface area contributed by atoms with E-state index in [1.807, 2.05) is 12.1 Å². The average Bonchev–Trinajstić information content (AvgIpc) is 2.90. The third kappa shape index (κ3) is 2.72. The quantitative estimate of drug-likeness (QED) is 0.516. The van der Waals surface area contributed by atoms with Crippen molar-refractivity contribution >= 4 is 16.6 Å². The SMILES string of the molecule is CC(C)c1ccc2c(ccn2Cc2ccc([N+](=O)[O-])cc2)c1. The van der Waals surface area contributed by atoms with Crippen LogP contribution in [0.1, 0.15) is 30.9 Å². The molecule has 3 rings (SSSR count). The maximum atomic E-state index is 10.7. The Bertz CT molecular complexity index is 817. The van der Waals surface area contributed by atoms with Crippen LogP contribution < -0.4 is 0 Å². The topological polar surface area (TPSA) is 48.1 Å². The lowest BCUT2D eigenvalue weighted by Gasteiger charge is -2.08. The standard InChI is InChI=1S/C18H18N2O2/c1-13(2)15-5-8-18-16(11-15)9-10-19(18)12-14-3-6-17(7-4-14)20(21)22/h3-11,13H,12H2,1-2H3. The Morgan fingerprint density at radius 2 is 1.82 bits per heavy atom. The van der Waals surface area contributed by atoms with E-state index in [4.69, 9.17) is 0 Å². The number of hydrogen-bond acceptors (Lipinski definition) is 2. The summed E-state index contributed by atoms with van der Waals surface area (Å²) in [6.07, 6.45) is 2.07. The zero-order valence-electron chi connectivity index (χ0n) is 12.7. The molecule has 3 aromatic rings. The minimum atomic E-state index is -0.373. The van der Waals surface area contributed by atoms with Gasteiger partial charge in [-0.05, 0) is 40.6 Å². The van der Waals surface area contributed by atoms with Crippen molar-refractivity contribution < 1.29 is 4.92 Å². The maximum absolute atomic E-state index is 10.7. The molecule has 0 aliphatic carbocycles. The molecule has 0 saturated carbocycles. The molecule has 0 bridgehead atoms. The van der Waals surface area contributed by atoms with Crippen LogP contribution in [0.3, 0.4) is 0 Å². The fourth-order valence-corrected chi connectivity index (χ4v) is 2.64. The van der Waals surface area contributed by atoms with Gasteiger partial charge in [0.2, 0.25) is 0 Å². The molecule has 1 heterocycles. The van der Waals surface area contributed by atoms with Gasteiger partial charge in [0, 0.05) is 30.4 Å². The molecule has 2 aromatic carbocycles. The molecule has 4 heteroatoms. The van der Waals surface area contributed by atoms with Crippen LogP contribution in [0.25, 0.3) is 10.9 Å². The van der Waals surface area contributed by atoms with Crippen LogP contribution in [-0.4, -0.2) is 9.49 Å². The van der Waals surface area contributed by atoms with E-state index in [0.717, 1.165) is 5.56 Å². The molecular formula is C18H18N2O2. The average molecular weight is 294 g/mol. The number of nitro benzene ring substituents is 1. The Hall–Kier alpha value is -2.62. The maximum Gasteiger partial charge on any atom is 0.269 e. The highest BCUT2D eigenvalue weighted by Crippen LogP contribution is 2.23. The molecule has 0 amide bonds. The first-order chi connectivity index (χ1) is 10.5. The Morgan fingerprint density at radius 3 is 2.45 bits per heavy atom. The molecule has 0 aliphatic heterocycles. The molecule has 112 valence electrons. The third-order valence-electron chi connectivity index (χ3n) is 3.96. The van der Waals surface area contributed by atoms with Crippen LogP contribution in [0.4, 0.5) is 5.69 Å². The molecule has 0 saturated heterocycles. The summed E-state index contributed by atoms with van der Waals surface area (Å²) < 4.78 is 2.17. The van der Waals surface area contributed by atoms with Gasteiger partial charge in [-0.15, -0.1) is 0 Å². The number of nitro groups is 1. The van der Waals surface area contributed by atoms with E-state index >= 15 is 0 Å². The number of hydrogen-bond donors (Lipinski definition) is 0. The second-order valence-electron chi connectivity index (χ2n) is 5.84. The van der Waals surface area contributed by atoms with Crippen molar-refractivity contribution in [1.82, 2.24) is 4.57 Å². The van der Waals surface area contributed by atoms with Crippen LogP contribution in [0.2, 0.25) is 0 Å². The van der Waals surface area contributed by atoms with Gasteiger partial charge in [0.05, 0.1) is 4.92 Å². The molecule has 0 aliphatic rings. The molecule has 0 N–H and O–H groups in total. The van der Waals surface area contributed by atoms with E-state index in [1.165, 1.54) is 16.5 Å². The summed E-state index contributed by atoms with van der Waals surface area (Å²) >= 11 is 0. The van der Waals surface area contributed by atoms with E-state index in [-0.39, 0.29) is 10.6 Å². The minimum absolute atomic E-state index is 0.127. The lowest BCUT2D eigenvalue weighted by atomic mass is 10.0. The highest BCUT2D eigenvalue weighted by molar-refractivity contribution is 5.81. The smallest absolute Gasteiger partial charge is 0.269 e. The van der Waals surface area contributed by atoms with Crippen molar-refractivity contribution in [2.75, 3.05) is 0 Å². The van der Waals surface area contributed by atoms with Gasteiger partial charge in [-0.3, -0.25) is 10.1 Å². The third-order valence-corrected chi connectivity index (χ3v) is 3.96. The van der Waals surface area contributed by atoms with E-state index < -0.39 is 0 Å². The number of rotatable bonds is 4. The minimum Gasteiger partial charge on any atom is -0.343 e. The number of fused-ring (bicyclic) bond motifs is 1. The summed E-state index contributed by atoms with van der Waals surface area (Å²) in [6.45, 7) is 5.09. The van der Waals surface area contributed by atoms with Crippen molar-refractivity contribution in [2.45, 2.75) is 26.3 Å². The predicted octanol–water partition coefficient (Wildman–Crippen LogP) is 4.72. The predicted molar refractivity (Wildman–Crippen MR) is 88.2 cm³/mol. The Balaban J connectivity index is 1.89. The van der Waals surface area contributed by atoms with Crippen molar-refractivity contribution in [2.24, 2.45) is 0 Å². The molecular weight excluding hydrogens is 276 g/mol. The Morgan fingerprint density at radius 1 is 1.09 bits per heavy atom. The van der Waals surface area contributed by atoms with Gasteiger partial charge in [-0.2, -0.15) is 0 Å². The van der Waals surface area contributed by atoms with Gasteiger partial charge in [-0.1, -0.05) is 32.0 Å². The van der Waals surface area contributed by atoms with E-state index in [1.54, 1.807) is 12.1 Å². The molecule has 0 radical (unpaired) electrons. The summed E-state index contributed by atoms with van der Waals surface area (Å²) in [5.74, 6) is 0.516. The van der Waals surface area contributed by atoms with Crippen LogP contribution in [0.5, 0.6) is 0 Å². The summed E-state index contributed by atoms with van der Waals surface area (Å²) in [7, 11) is 0. The monoisotopic (exact) mass is 294 g/mol. The van der Waals surface area contributed by atoms with E-state index in [0.29, 0.717) is 12.5 Å². The van der Waals surface area contributed by atoms with Crippen molar-refractivity contribution in [3.8, 4) is 0 Å². The van der Waals surface area contributed by atoms with Crippen LogP contribution in [0.15, 0.2) is 54.7 Å². The number of non-ortho nitro benzene ring substituents is 1.